The monoisotopic (exact) mass is 508 g/mol. The van der Waals surface area contributed by atoms with Gasteiger partial charge in [0.05, 0.1) is 18.4 Å². The van der Waals surface area contributed by atoms with Gasteiger partial charge in [-0.05, 0) is 54.0 Å². The van der Waals surface area contributed by atoms with Gasteiger partial charge in [-0.15, -0.1) is 10.2 Å². The molecule has 0 radical (unpaired) electrons. The Morgan fingerprint density at radius 3 is 2.78 bits per heavy atom. The number of hydrogen-bond donors (Lipinski definition) is 1. The molecule has 196 valence electrons. The van der Waals surface area contributed by atoms with Crippen LogP contribution in [-0.2, 0) is 24.4 Å². The molecule has 1 aliphatic heterocycles. The zero-order valence-corrected chi connectivity index (χ0v) is 21.3. The van der Waals surface area contributed by atoms with E-state index in [0.29, 0.717) is 37.8 Å². The van der Waals surface area contributed by atoms with Crippen LogP contribution < -0.4 is 10.5 Å². The molecule has 1 atom stereocenters. The van der Waals surface area contributed by atoms with Crippen LogP contribution >= 0.6 is 0 Å². The molecule has 0 unspecified atom stereocenters. The van der Waals surface area contributed by atoms with E-state index < -0.39 is 6.67 Å². The molecule has 11 heteroatoms. The molecule has 1 aromatic carbocycles. The minimum Gasteiger partial charge on any atom is -0.489 e. The number of aromatic nitrogens is 5. The minimum absolute atomic E-state index is 0.0248. The summed E-state index contributed by atoms with van der Waals surface area (Å²) in [5.41, 5.74) is 9.62. The van der Waals surface area contributed by atoms with Gasteiger partial charge in [0.25, 0.3) is 0 Å². The Balaban J connectivity index is 1.36. The zero-order valence-electron chi connectivity index (χ0n) is 21.3. The number of aryl methyl sites for hydroxylation is 1. The first-order chi connectivity index (χ1) is 17.9. The summed E-state index contributed by atoms with van der Waals surface area (Å²) >= 11 is 0. The second-order valence-corrected chi connectivity index (χ2v) is 9.08. The highest BCUT2D eigenvalue weighted by molar-refractivity contribution is 5.92. The number of ether oxygens (including phenoxy) is 1. The molecule has 10 nitrogen and oxygen atoms in total. The van der Waals surface area contributed by atoms with Gasteiger partial charge in [-0.1, -0.05) is 18.2 Å². The Morgan fingerprint density at radius 2 is 2.11 bits per heavy atom. The maximum atomic E-state index is 13.1. The molecule has 2 aromatic heterocycles. The lowest BCUT2D eigenvalue weighted by Gasteiger charge is -2.39. The maximum absolute atomic E-state index is 13.1. The Kier molecular flexibility index (Phi) is 8.91. The number of nitrogens with two attached hydrogens (primary N) is 1. The summed E-state index contributed by atoms with van der Waals surface area (Å²) in [6, 6.07) is 9.69. The number of benzene rings is 1. The predicted molar refractivity (Wildman–Crippen MR) is 137 cm³/mol. The number of carbonyl (C=O) groups excluding carboxylic acids is 1. The highest BCUT2D eigenvalue weighted by Crippen LogP contribution is 2.18. The number of pyridine rings is 1. The first-order valence-electron chi connectivity index (χ1n) is 12.4. The number of nitrogens with zero attached hydrogens (tertiary/aromatic N) is 7. The average Bonchev–Trinajstić information content (AvgIpc) is 3.31. The molecule has 1 fully saturated rings. The molecule has 3 aromatic rings. The zero-order chi connectivity index (χ0) is 26.2. The molecule has 1 saturated heterocycles. The van der Waals surface area contributed by atoms with E-state index in [-0.39, 0.29) is 18.6 Å². The molecule has 0 spiro atoms. The lowest BCUT2D eigenvalue weighted by atomic mass is 10.0. The summed E-state index contributed by atoms with van der Waals surface area (Å²) in [5, 5.41) is 12.3. The number of rotatable bonds is 10. The van der Waals surface area contributed by atoms with Gasteiger partial charge in [0.15, 0.2) is 5.82 Å². The lowest BCUT2D eigenvalue weighted by molar-refractivity contribution is -0.130. The first-order valence-corrected chi connectivity index (χ1v) is 12.4. The topological polar surface area (TPSA) is 115 Å². The van der Waals surface area contributed by atoms with E-state index in [1.807, 2.05) is 35.2 Å². The average molecular weight is 509 g/mol. The predicted octanol–water partition coefficient (Wildman–Crippen LogP) is 1.98. The van der Waals surface area contributed by atoms with Crippen molar-refractivity contribution in [1.82, 2.24) is 35.0 Å². The van der Waals surface area contributed by atoms with E-state index in [1.165, 1.54) is 4.80 Å². The molecular formula is C26H33FN8O2. The standard InChI is InChI=1S/C26H33FN8O2/c1-19-16-33(18-24-6-7-25(15-29-24)37-12-9-27)10-11-34(19)26(36)8-5-22-4-3-21(14-28)13-23(22)17-35-31-20(2)30-32-35/h3-8,13,15,19H,9-12,14,16-18,28H2,1-2H3/b8-5+/t19-/m1/s1. The van der Waals surface area contributed by atoms with Gasteiger partial charge in [-0.2, -0.15) is 4.80 Å². The molecule has 37 heavy (non-hydrogen) atoms. The number of halogens is 1. The molecule has 0 saturated carbocycles. The molecule has 1 aliphatic rings. The third-order valence-electron chi connectivity index (χ3n) is 6.24. The summed E-state index contributed by atoms with van der Waals surface area (Å²) in [7, 11) is 0. The Hall–Kier alpha value is -3.70. The highest BCUT2D eigenvalue weighted by Gasteiger charge is 2.26. The van der Waals surface area contributed by atoms with Crippen LogP contribution in [0.2, 0.25) is 0 Å². The van der Waals surface area contributed by atoms with Crippen molar-refractivity contribution in [3.8, 4) is 5.75 Å². The van der Waals surface area contributed by atoms with Gasteiger partial charge in [-0.3, -0.25) is 14.7 Å². The fourth-order valence-corrected chi connectivity index (χ4v) is 4.36. The quantitative estimate of drug-likeness (QED) is 0.414. The van der Waals surface area contributed by atoms with E-state index >= 15 is 0 Å². The van der Waals surface area contributed by atoms with Crippen LogP contribution in [0.4, 0.5) is 4.39 Å². The van der Waals surface area contributed by atoms with Crippen molar-refractivity contribution in [1.29, 1.82) is 0 Å². The van der Waals surface area contributed by atoms with Crippen LogP contribution in [0.3, 0.4) is 0 Å². The Bertz CT molecular complexity index is 1210. The number of hydrogen-bond acceptors (Lipinski definition) is 8. The van der Waals surface area contributed by atoms with E-state index in [1.54, 1.807) is 25.3 Å². The van der Waals surface area contributed by atoms with Crippen LogP contribution in [0.15, 0.2) is 42.6 Å². The molecule has 1 amide bonds. The van der Waals surface area contributed by atoms with Crippen LogP contribution in [0.5, 0.6) is 5.75 Å². The third kappa shape index (κ3) is 7.17. The lowest BCUT2D eigenvalue weighted by Crippen LogP contribution is -2.53. The minimum atomic E-state index is -0.528. The third-order valence-corrected chi connectivity index (χ3v) is 6.24. The summed E-state index contributed by atoms with van der Waals surface area (Å²) in [5.74, 6) is 1.14. The van der Waals surface area contributed by atoms with Gasteiger partial charge in [-0.25, -0.2) is 4.39 Å². The van der Waals surface area contributed by atoms with Crippen molar-refractivity contribution in [2.45, 2.75) is 39.5 Å². The number of piperazine rings is 1. The van der Waals surface area contributed by atoms with Gasteiger partial charge < -0.3 is 15.4 Å². The normalized spacial score (nSPS) is 16.4. The molecule has 0 bridgehead atoms. The highest BCUT2D eigenvalue weighted by atomic mass is 19.1. The molecule has 4 rings (SSSR count). The second kappa shape index (κ2) is 12.5. The van der Waals surface area contributed by atoms with Crippen LogP contribution in [-0.4, -0.2) is 79.9 Å². The van der Waals surface area contributed by atoms with Crippen molar-refractivity contribution in [3.63, 3.8) is 0 Å². The SMILES string of the molecule is Cc1nnn(Cc2cc(CN)ccc2/C=C/C(=O)N2CCN(Cc3ccc(OCCF)cn3)C[C@H]2C)n1. The van der Waals surface area contributed by atoms with Gasteiger partial charge in [0.1, 0.15) is 19.0 Å². The van der Waals surface area contributed by atoms with Crippen molar-refractivity contribution >= 4 is 12.0 Å². The summed E-state index contributed by atoms with van der Waals surface area (Å²) in [6.07, 6.45) is 5.09. The fraction of sp³-hybridized carbons (Fsp3) is 0.423. The van der Waals surface area contributed by atoms with Crippen molar-refractivity contribution in [3.05, 3.63) is 70.8 Å². The number of tetrazole rings is 1. The van der Waals surface area contributed by atoms with Crippen molar-refractivity contribution in [2.24, 2.45) is 5.73 Å². The van der Waals surface area contributed by atoms with Crippen LogP contribution in [0.1, 0.15) is 35.1 Å². The first kappa shape index (κ1) is 26.4. The largest absolute Gasteiger partial charge is 0.489 e. The van der Waals surface area contributed by atoms with E-state index in [0.717, 1.165) is 35.5 Å². The number of alkyl halides is 1. The van der Waals surface area contributed by atoms with Crippen molar-refractivity contribution in [2.75, 3.05) is 32.9 Å². The molecular weight excluding hydrogens is 475 g/mol. The number of amides is 1. The van der Waals surface area contributed by atoms with E-state index in [2.05, 4.69) is 32.2 Å². The van der Waals surface area contributed by atoms with Gasteiger partial charge >= 0.3 is 0 Å². The van der Waals surface area contributed by atoms with Gasteiger partial charge in [0.2, 0.25) is 5.91 Å². The Morgan fingerprint density at radius 1 is 1.24 bits per heavy atom. The summed E-state index contributed by atoms with van der Waals surface area (Å²) < 4.78 is 17.5. The molecule has 3 heterocycles. The smallest absolute Gasteiger partial charge is 0.246 e. The Labute approximate surface area is 215 Å². The maximum Gasteiger partial charge on any atom is 0.246 e. The summed E-state index contributed by atoms with van der Waals surface area (Å²) in [6.45, 7) is 7.01. The van der Waals surface area contributed by atoms with Crippen LogP contribution in [0, 0.1) is 6.92 Å². The molecule has 0 aliphatic carbocycles. The number of carbonyl (C=O) groups is 1. The second-order valence-electron chi connectivity index (χ2n) is 9.08. The van der Waals surface area contributed by atoms with E-state index in [9.17, 15) is 9.18 Å². The summed E-state index contributed by atoms with van der Waals surface area (Å²) in [4.78, 5) is 23.2. The molecule has 2 N–H and O–H groups in total. The van der Waals surface area contributed by atoms with E-state index in [4.69, 9.17) is 10.5 Å². The van der Waals surface area contributed by atoms with Gasteiger partial charge in [0, 0.05) is 44.8 Å². The van der Waals surface area contributed by atoms with Crippen molar-refractivity contribution < 1.29 is 13.9 Å². The fourth-order valence-electron chi connectivity index (χ4n) is 4.36. The van der Waals surface area contributed by atoms with Crippen LogP contribution in [0.25, 0.3) is 6.08 Å².